The molecule has 0 radical (unpaired) electrons. The molecule has 1 N–H and O–H groups in total. The van der Waals surface area contributed by atoms with E-state index < -0.39 is 0 Å². The molecule has 0 bridgehead atoms. The van der Waals surface area contributed by atoms with E-state index in [9.17, 15) is 0 Å². The van der Waals surface area contributed by atoms with Gasteiger partial charge >= 0.3 is 0 Å². The van der Waals surface area contributed by atoms with Gasteiger partial charge in [0.2, 0.25) is 0 Å². The molecule has 0 aliphatic carbocycles. The minimum atomic E-state index is 0.0980. The fourth-order valence-electron chi connectivity index (χ4n) is 2.66. The molecule has 20 heavy (non-hydrogen) atoms. The van der Waals surface area contributed by atoms with E-state index in [0.717, 1.165) is 24.4 Å². The summed E-state index contributed by atoms with van der Waals surface area (Å²) < 4.78 is 6.11. The number of ether oxygens (including phenoxy) is 1. The van der Waals surface area contributed by atoms with Gasteiger partial charge in [-0.15, -0.1) is 0 Å². The van der Waals surface area contributed by atoms with Gasteiger partial charge in [0, 0.05) is 0 Å². The van der Waals surface area contributed by atoms with Crippen molar-refractivity contribution in [2.75, 3.05) is 11.9 Å². The fourth-order valence-corrected chi connectivity index (χ4v) is 2.66. The average Bonchev–Trinajstić information content (AvgIpc) is 2.48. The molecule has 1 heterocycles. The second-order valence-corrected chi connectivity index (χ2v) is 5.48. The molecule has 1 atom stereocenters. The molecule has 0 spiro atoms. The molecule has 2 aromatic rings. The van der Waals surface area contributed by atoms with Crippen molar-refractivity contribution in [1.82, 2.24) is 0 Å². The molecule has 1 unspecified atom stereocenters. The second kappa shape index (κ2) is 5.58. The van der Waals surface area contributed by atoms with Crippen LogP contribution in [0.15, 0.2) is 42.5 Å². The quantitative estimate of drug-likeness (QED) is 0.884. The maximum Gasteiger partial charge on any atom is 0.143 e. The van der Waals surface area contributed by atoms with Crippen LogP contribution in [0.5, 0.6) is 5.75 Å². The fraction of sp³-hybridized carbons (Fsp3) is 0.333. The first-order valence-corrected chi connectivity index (χ1v) is 7.36. The zero-order chi connectivity index (χ0) is 13.9. The molecule has 0 saturated carbocycles. The Morgan fingerprint density at radius 3 is 2.70 bits per heavy atom. The van der Waals surface area contributed by atoms with E-state index in [1.165, 1.54) is 23.1 Å². The Hall–Kier alpha value is -1.96. The van der Waals surface area contributed by atoms with Gasteiger partial charge in [-0.3, -0.25) is 0 Å². The Balaban J connectivity index is 1.77. The average molecular weight is 267 g/mol. The molecular formula is C18H21NO. The van der Waals surface area contributed by atoms with Gasteiger partial charge in [0.1, 0.15) is 11.9 Å². The third-order valence-corrected chi connectivity index (χ3v) is 3.77. The Morgan fingerprint density at radius 2 is 1.95 bits per heavy atom. The van der Waals surface area contributed by atoms with Gasteiger partial charge < -0.3 is 10.1 Å². The molecule has 0 aromatic heterocycles. The van der Waals surface area contributed by atoms with E-state index in [4.69, 9.17) is 4.74 Å². The number of hydrogen-bond acceptors (Lipinski definition) is 2. The highest BCUT2D eigenvalue weighted by molar-refractivity contribution is 5.59. The van der Waals surface area contributed by atoms with Crippen LogP contribution in [0.1, 0.15) is 36.1 Å². The standard InChI is InChI=1S/C18H21NO/c1-3-4-14-6-8-15(9-7-14)18-12-19-16-11-13(2)5-10-17(16)20-18/h5-11,18-19H,3-4,12H2,1-2H3. The Labute approximate surface area is 120 Å². The molecule has 3 rings (SSSR count). The maximum absolute atomic E-state index is 6.11. The van der Waals surface area contributed by atoms with Crippen LogP contribution in [0.25, 0.3) is 0 Å². The molecule has 2 nitrogen and oxygen atoms in total. The lowest BCUT2D eigenvalue weighted by Gasteiger charge is -2.28. The molecule has 1 aliphatic heterocycles. The summed E-state index contributed by atoms with van der Waals surface area (Å²) in [5.74, 6) is 0.949. The van der Waals surface area contributed by atoms with Crippen LogP contribution in [0.2, 0.25) is 0 Å². The minimum absolute atomic E-state index is 0.0980. The summed E-state index contributed by atoms with van der Waals surface area (Å²) in [6, 6.07) is 15.1. The molecule has 0 amide bonds. The summed E-state index contributed by atoms with van der Waals surface area (Å²) in [7, 11) is 0. The predicted octanol–water partition coefficient (Wildman–Crippen LogP) is 4.49. The highest BCUT2D eigenvalue weighted by Gasteiger charge is 2.20. The van der Waals surface area contributed by atoms with Gasteiger partial charge in [-0.05, 0) is 42.2 Å². The largest absolute Gasteiger partial charge is 0.482 e. The van der Waals surface area contributed by atoms with Crippen molar-refractivity contribution in [1.29, 1.82) is 0 Å². The van der Waals surface area contributed by atoms with Gasteiger partial charge in [0.25, 0.3) is 0 Å². The van der Waals surface area contributed by atoms with E-state index >= 15 is 0 Å². The number of rotatable bonds is 3. The second-order valence-electron chi connectivity index (χ2n) is 5.48. The lowest BCUT2D eigenvalue weighted by atomic mass is 10.0. The minimum Gasteiger partial charge on any atom is -0.482 e. The topological polar surface area (TPSA) is 21.3 Å². The molecular weight excluding hydrogens is 246 g/mol. The summed E-state index contributed by atoms with van der Waals surface area (Å²) in [6.07, 6.45) is 2.43. The van der Waals surface area contributed by atoms with E-state index in [0.29, 0.717) is 0 Å². The number of anilines is 1. The van der Waals surface area contributed by atoms with Crippen LogP contribution >= 0.6 is 0 Å². The van der Waals surface area contributed by atoms with Crippen molar-refractivity contribution in [3.05, 3.63) is 59.2 Å². The first-order chi connectivity index (χ1) is 9.76. The molecule has 104 valence electrons. The number of hydrogen-bond donors (Lipinski definition) is 1. The molecule has 2 aromatic carbocycles. The maximum atomic E-state index is 6.11. The van der Waals surface area contributed by atoms with Crippen LogP contribution in [0, 0.1) is 6.92 Å². The van der Waals surface area contributed by atoms with Crippen LogP contribution in [-0.4, -0.2) is 6.54 Å². The number of aryl methyl sites for hydroxylation is 2. The van der Waals surface area contributed by atoms with Crippen molar-refractivity contribution >= 4 is 5.69 Å². The predicted molar refractivity (Wildman–Crippen MR) is 83.5 cm³/mol. The van der Waals surface area contributed by atoms with Gasteiger partial charge in [-0.1, -0.05) is 43.7 Å². The molecule has 1 aliphatic rings. The third kappa shape index (κ3) is 2.64. The molecule has 0 fully saturated rings. The first-order valence-electron chi connectivity index (χ1n) is 7.36. The summed E-state index contributed by atoms with van der Waals surface area (Å²) in [4.78, 5) is 0. The van der Waals surface area contributed by atoms with Crippen molar-refractivity contribution in [2.24, 2.45) is 0 Å². The number of nitrogens with one attached hydrogen (secondary N) is 1. The monoisotopic (exact) mass is 267 g/mol. The van der Waals surface area contributed by atoms with E-state index in [2.05, 4.69) is 61.6 Å². The van der Waals surface area contributed by atoms with Crippen LogP contribution in [0.3, 0.4) is 0 Å². The van der Waals surface area contributed by atoms with Crippen LogP contribution in [-0.2, 0) is 6.42 Å². The first kappa shape index (κ1) is 13.0. The number of fused-ring (bicyclic) bond motifs is 1. The Bertz CT molecular complexity index is 589. The van der Waals surface area contributed by atoms with E-state index in [-0.39, 0.29) is 6.10 Å². The molecule has 0 saturated heterocycles. The van der Waals surface area contributed by atoms with Gasteiger partial charge in [-0.2, -0.15) is 0 Å². The lowest BCUT2D eigenvalue weighted by molar-refractivity contribution is 0.210. The van der Waals surface area contributed by atoms with Crippen molar-refractivity contribution in [2.45, 2.75) is 32.8 Å². The van der Waals surface area contributed by atoms with Crippen LogP contribution in [0.4, 0.5) is 5.69 Å². The smallest absolute Gasteiger partial charge is 0.143 e. The zero-order valence-corrected chi connectivity index (χ0v) is 12.1. The Morgan fingerprint density at radius 1 is 1.15 bits per heavy atom. The molecule has 2 heteroatoms. The van der Waals surface area contributed by atoms with Crippen LogP contribution < -0.4 is 10.1 Å². The van der Waals surface area contributed by atoms with Crippen molar-refractivity contribution < 1.29 is 4.74 Å². The van der Waals surface area contributed by atoms with Crippen molar-refractivity contribution in [3.63, 3.8) is 0 Å². The number of benzene rings is 2. The highest BCUT2D eigenvalue weighted by atomic mass is 16.5. The normalized spacial score (nSPS) is 17.0. The zero-order valence-electron chi connectivity index (χ0n) is 12.1. The van der Waals surface area contributed by atoms with Crippen molar-refractivity contribution in [3.8, 4) is 5.75 Å². The van der Waals surface area contributed by atoms with E-state index in [1.54, 1.807) is 0 Å². The van der Waals surface area contributed by atoms with E-state index in [1.807, 2.05) is 0 Å². The SMILES string of the molecule is CCCc1ccc(C2CNc3cc(C)ccc3O2)cc1. The summed E-state index contributed by atoms with van der Waals surface area (Å²) in [5, 5.41) is 3.47. The highest BCUT2D eigenvalue weighted by Crippen LogP contribution is 2.34. The third-order valence-electron chi connectivity index (χ3n) is 3.77. The summed E-state index contributed by atoms with van der Waals surface area (Å²) >= 11 is 0. The summed E-state index contributed by atoms with van der Waals surface area (Å²) in [5.41, 5.74) is 4.99. The Kier molecular flexibility index (Phi) is 3.64. The lowest BCUT2D eigenvalue weighted by Crippen LogP contribution is -2.23. The summed E-state index contributed by atoms with van der Waals surface area (Å²) in [6.45, 7) is 5.13. The van der Waals surface area contributed by atoms with Gasteiger partial charge in [0.05, 0.1) is 12.2 Å². The van der Waals surface area contributed by atoms with Gasteiger partial charge in [0.15, 0.2) is 0 Å². The van der Waals surface area contributed by atoms with Gasteiger partial charge in [-0.25, -0.2) is 0 Å².